The lowest BCUT2D eigenvalue weighted by Gasteiger charge is -2.14. The molecule has 0 amide bonds. The van der Waals surface area contributed by atoms with Crippen LogP contribution in [0, 0.1) is 0 Å². The summed E-state index contributed by atoms with van der Waals surface area (Å²) in [5.74, 6) is 0.899. The first kappa shape index (κ1) is 23.8. The number of fused-ring (bicyclic) bond motifs is 6. The Hall–Kier alpha value is -5.87. The van der Waals surface area contributed by atoms with Crippen LogP contribution in [0.25, 0.3) is 83.2 Å². The number of hydrogen-bond acceptors (Lipinski definition) is 3. The molecule has 0 aliphatic rings. The van der Waals surface area contributed by atoms with Crippen molar-refractivity contribution >= 4 is 43.9 Å². The van der Waals surface area contributed by atoms with Gasteiger partial charge in [-0.15, -0.1) is 0 Å². The van der Waals surface area contributed by atoms with Gasteiger partial charge in [0.05, 0.1) is 0 Å². The largest absolute Gasteiger partial charge is 0.456 e. The van der Waals surface area contributed by atoms with E-state index in [0.717, 1.165) is 83.2 Å². The topological polar surface area (TPSA) is 44.1 Å². The third-order valence-corrected chi connectivity index (χ3v) is 8.29. The van der Waals surface area contributed by atoms with Gasteiger partial charge in [0, 0.05) is 45.2 Å². The summed E-state index contributed by atoms with van der Waals surface area (Å²) in [4.78, 5) is 4.74. The molecule has 0 N–H and O–H groups in total. The number of hydrogen-bond donors (Lipinski definition) is 0. The van der Waals surface area contributed by atoms with E-state index in [9.17, 15) is 0 Å². The van der Waals surface area contributed by atoms with E-state index in [1.165, 1.54) is 0 Å². The highest BCUT2D eigenvalue weighted by Gasteiger charge is 2.15. The van der Waals surface area contributed by atoms with Crippen LogP contribution in [0.1, 0.15) is 0 Å². The molecular formula is C39H24N2O2. The van der Waals surface area contributed by atoms with Crippen molar-refractivity contribution < 1.29 is 8.83 Å². The molecule has 6 aromatic carbocycles. The first-order valence-corrected chi connectivity index (χ1v) is 14.4. The summed E-state index contributed by atoms with van der Waals surface area (Å²) in [6.45, 7) is 0. The average molecular weight is 553 g/mol. The zero-order valence-electron chi connectivity index (χ0n) is 23.1. The van der Waals surface area contributed by atoms with Crippen molar-refractivity contribution in [3.8, 4) is 39.3 Å². The number of imidazole rings is 1. The lowest BCUT2D eigenvalue weighted by atomic mass is 9.96. The first-order valence-electron chi connectivity index (χ1n) is 14.4. The van der Waals surface area contributed by atoms with Crippen molar-refractivity contribution in [2.24, 2.45) is 0 Å². The van der Waals surface area contributed by atoms with Crippen molar-refractivity contribution in [3.05, 3.63) is 146 Å². The number of aromatic nitrogens is 2. The first-order chi connectivity index (χ1) is 21.3. The Kier molecular flexibility index (Phi) is 5.16. The zero-order chi connectivity index (χ0) is 28.3. The van der Waals surface area contributed by atoms with Crippen LogP contribution < -0.4 is 0 Å². The maximum atomic E-state index is 6.13. The molecule has 0 radical (unpaired) electrons. The number of furan rings is 2. The molecule has 4 nitrogen and oxygen atoms in total. The van der Waals surface area contributed by atoms with E-state index in [0.29, 0.717) is 0 Å². The Morgan fingerprint density at radius 3 is 1.56 bits per heavy atom. The van der Waals surface area contributed by atoms with Crippen LogP contribution >= 0.6 is 0 Å². The smallest absolute Gasteiger partial charge is 0.144 e. The summed E-state index contributed by atoms with van der Waals surface area (Å²) >= 11 is 0. The summed E-state index contributed by atoms with van der Waals surface area (Å²) in [5, 5.41) is 4.46. The Bertz CT molecular complexity index is 2330. The van der Waals surface area contributed by atoms with E-state index in [4.69, 9.17) is 13.8 Å². The van der Waals surface area contributed by atoms with Crippen molar-refractivity contribution in [2.75, 3.05) is 0 Å². The molecule has 9 aromatic rings. The fraction of sp³-hybridized carbons (Fsp3) is 0. The molecule has 9 rings (SSSR count). The van der Waals surface area contributed by atoms with E-state index in [2.05, 4.69) is 95.6 Å². The summed E-state index contributed by atoms with van der Waals surface area (Å²) in [5.41, 5.74) is 10.2. The van der Waals surface area contributed by atoms with E-state index in [1.54, 1.807) is 0 Å². The van der Waals surface area contributed by atoms with Gasteiger partial charge in [-0.05, 0) is 76.9 Å². The number of nitrogens with zero attached hydrogens (tertiary/aromatic N) is 2. The molecule has 0 fully saturated rings. The van der Waals surface area contributed by atoms with Crippen molar-refractivity contribution in [1.29, 1.82) is 0 Å². The minimum Gasteiger partial charge on any atom is -0.456 e. The van der Waals surface area contributed by atoms with Gasteiger partial charge >= 0.3 is 0 Å². The molecule has 0 saturated heterocycles. The lowest BCUT2D eigenvalue weighted by molar-refractivity contribution is 0.668. The number of benzene rings is 6. The summed E-state index contributed by atoms with van der Waals surface area (Å²) in [6, 6.07) is 46.4. The highest BCUT2D eigenvalue weighted by molar-refractivity contribution is 6.07. The average Bonchev–Trinajstić information content (AvgIpc) is 3.80. The highest BCUT2D eigenvalue weighted by Crippen LogP contribution is 2.37. The normalized spacial score (nSPS) is 11.7. The third kappa shape index (κ3) is 3.88. The molecule has 202 valence electrons. The van der Waals surface area contributed by atoms with Gasteiger partial charge in [0.25, 0.3) is 0 Å². The van der Waals surface area contributed by atoms with Crippen LogP contribution in [-0.2, 0) is 0 Å². The maximum absolute atomic E-state index is 6.13. The van der Waals surface area contributed by atoms with Gasteiger partial charge in [-0.3, -0.25) is 4.57 Å². The van der Waals surface area contributed by atoms with Gasteiger partial charge in [0.15, 0.2) is 0 Å². The molecule has 0 unspecified atom stereocenters. The second-order valence-electron chi connectivity index (χ2n) is 10.9. The van der Waals surface area contributed by atoms with Crippen LogP contribution in [-0.4, -0.2) is 9.55 Å². The van der Waals surface area contributed by atoms with Gasteiger partial charge < -0.3 is 8.83 Å². The van der Waals surface area contributed by atoms with Crippen molar-refractivity contribution in [2.45, 2.75) is 0 Å². The monoisotopic (exact) mass is 552 g/mol. The molecule has 0 aliphatic heterocycles. The quantitative estimate of drug-likeness (QED) is 0.218. The zero-order valence-corrected chi connectivity index (χ0v) is 23.1. The van der Waals surface area contributed by atoms with Gasteiger partial charge in [0.2, 0.25) is 0 Å². The van der Waals surface area contributed by atoms with Crippen molar-refractivity contribution in [1.82, 2.24) is 9.55 Å². The van der Waals surface area contributed by atoms with Gasteiger partial charge in [-0.25, -0.2) is 4.98 Å². The Morgan fingerprint density at radius 1 is 0.419 bits per heavy atom. The Morgan fingerprint density at radius 2 is 0.953 bits per heavy atom. The van der Waals surface area contributed by atoms with Crippen LogP contribution in [0.15, 0.2) is 155 Å². The van der Waals surface area contributed by atoms with E-state index >= 15 is 0 Å². The highest BCUT2D eigenvalue weighted by atomic mass is 16.3. The van der Waals surface area contributed by atoms with Crippen LogP contribution in [0.4, 0.5) is 0 Å². The SMILES string of the molecule is c1ccc(-c2nccn2-c2cc(-c3ccc4oc5ccccc5c4c3)cc(-c3ccc4oc5ccccc5c4c3)c2)cc1. The summed E-state index contributed by atoms with van der Waals surface area (Å²) in [7, 11) is 0. The molecule has 0 bridgehead atoms. The van der Waals surface area contributed by atoms with E-state index in [-0.39, 0.29) is 0 Å². The van der Waals surface area contributed by atoms with Crippen molar-refractivity contribution in [3.63, 3.8) is 0 Å². The summed E-state index contributed by atoms with van der Waals surface area (Å²) < 4.78 is 14.4. The van der Waals surface area contributed by atoms with Crippen LogP contribution in [0.2, 0.25) is 0 Å². The van der Waals surface area contributed by atoms with Crippen LogP contribution in [0.5, 0.6) is 0 Å². The standard InChI is InChI=1S/C39H24N2O2/c1-2-8-25(9-3-1)39-40-18-19-41(39)30-21-28(26-14-16-37-33(23-26)31-10-4-6-12-35(31)42-37)20-29(22-30)27-15-17-38-34(24-27)32-11-5-7-13-36(32)43-38/h1-24H. The molecule has 4 heteroatoms. The fourth-order valence-electron chi connectivity index (χ4n) is 6.21. The summed E-state index contributed by atoms with van der Waals surface area (Å²) in [6.07, 6.45) is 3.90. The predicted molar refractivity (Wildman–Crippen MR) is 174 cm³/mol. The molecule has 0 saturated carbocycles. The predicted octanol–water partition coefficient (Wildman–Crippen LogP) is 10.7. The second-order valence-corrected chi connectivity index (χ2v) is 10.9. The minimum absolute atomic E-state index is 0.889. The molecule has 3 aromatic heterocycles. The van der Waals surface area contributed by atoms with E-state index in [1.807, 2.05) is 54.9 Å². The maximum Gasteiger partial charge on any atom is 0.144 e. The molecule has 3 heterocycles. The van der Waals surface area contributed by atoms with Gasteiger partial charge in [-0.1, -0.05) is 78.9 Å². The minimum atomic E-state index is 0.889. The second kappa shape index (κ2) is 9.33. The van der Waals surface area contributed by atoms with Gasteiger partial charge in [0.1, 0.15) is 28.2 Å². The Labute approximate surface area is 247 Å². The molecule has 0 spiro atoms. The molecular weight excluding hydrogens is 528 g/mol. The lowest BCUT2D eigenvalue weighted by Crippen LogP contribution is -1.98. The fourth-order valence-corrected chi connectivity index (χ4v) is 6.21. The number of rotatable bonds is 4. The molecule has 43 heavy (non-hydrogen) atoms. The third-order valence-electron chi connectivity index (χ3n) is 8.29. The Balaban J connectivity index is 1.27. The van der Waals surface area contributed by atoms with E-state index < -0.39 is 0 Å². The molecule has 0 aliphatic carbocycles. The molecule has 0 atom stereocenters. The number of para-hydroxylation sites is 2. The van der Waals surface area contributed by atoms with Gasteiger partial charge in [-0.2, -0.15) is 0 Å². The van der Waals surface area contributed by atoms with Crippen LogP contribution in [0.3, 0.4) is 0 Å².